The highest BCUT2D eigenvalue weighted by atomic mass is 16.4. The van der Waals surface area contributed by atoms with Crippen molar-refractivity contribution in [3.8, 4) is 0 Å². The summed E-state index contributed by atoms with van der Waals surface area (Å²) in [5.74, 6) is 0.618. The van der Waals surface area contributed by atoms with Crippen LogP contribution in [0.4, 0.5) is 0 Å². The van der Waals surface area contributed by atoms with Crippen molar-refractivity contribution in [3.63, 3.8) is 0 Å². The summed E-state index contributed by atoms with van der Waals surface area (Å²) in [6, 6.07) is 0. The molecule has 0 bridgehead atoms. The number of amides is 1. The Kier molecular flexibility index (Phi) is 2.09. The Morgan fingerprint density at radius 3 is 2.64 bits per heavy atom. The third-order valence-corrected chi connectivity index (χ3v) is 3.03. The van der Waals surface area contributed by atoms with Crippen LogP contribution in [0.1, 0.15) is 25.7 Å². The average molecular weight is 197 g/mol. The van der Waals surface area contributed by atoms with Gasteiger partial charge in [0, 0.05) is 6.54 Å². The van der Waals surface area contributed by atoms with Gasteiger partial charge in [-0.1, -0.05) is 5.16 Å². The minimum Gasteiger partial charge on any atom is -0.409 e. The molecule has 0 saturated heterocycles. The van der Waals surface area contributed by atoms with Gasteiger partial charge in [0.1, 0.15) is 5.41 Å². The fraction of sp³-hybridized carbons (Fsp3) is 0.778. The first-order valence-electron chi connectivity index (χ1n) is 4.95. The quantitative estimate of drug-likeness (QED) is 0.257. The van der Waals surface area contributed by atoms with E-state index in [0.717, 1.165) is 6.54 Å². The zero-order valence-corrected chi connectivity index (χ0v) is 7.99. The van der Waals surface area contributed by atoms with E-state index in [1.807, 2.05) is 0 Å². The molecule has 0 aromatic carbocycles. The molecule has 0 unspecified atom stereocenters. The lowest BCUT2D eigenvalue weighted by molar-refractivity contribution is -0.124. The zero-order valence-electron chi connectivity index (χ0n) is 7.99. The van der Waals surface area contributed by atoms with E-state index in [1.54, 1.807) is 0 Å². The minimum absolute atomic E-state index is 0.0470. The second kappa shape index (κ2) is 3.15. The van der Waals surface area contributed by atoms with Gasteiger partial charge in [-0.3, -0.25) is 4.79 Å². The number of nitrogens with one attached hydrogen (secondary N) is 1. The summed E-state index contributed by atoms with van der Waals surface area (Å²) in [5.41, 5.74) is 4.78. The van der Waals surface area contributed by atoms with E-state index >= 15 is 0 Å². The third-order valence-electron chi connectivity index (χ3n) is 3.03. The van der Waals surface area contributed by atoms with Crippen LogP contribution in [0.3, 0.4) is 0 Å². The molecule has 1 amide bonds. The molecule has 78 valence electrons. The van der Waals surface area contributed by atoms with Crippen LogP contribution >= 0.6 is 0 Å². The molecule has 2 aliphatic rings. The maximum absolute atomic E-state index is 11.7. The van der Waals surface area contributed by atoms with Crippen molar-refractivity contribution in [3.05, 3.63) is 0 Å². The first-order valence-corrected chi connectivity index (χ1v) is 4.95. The molecule has 0 aromatic rings. The van der Waals surface area contributed by atoms with E-state index < -0.39 is 5.41 Å². The van der Waals surface area contributed by atoms with Crippen LogP contribution in [0.15, 0.2) is 5.16 Å². The van der Waals surface area contributed by atoms with Gasteiger partial charge in [-0.05, 0) is 31.6 Å². The molecule has 0 aromatic heterocycles. The van der Waals surface area contributed by atoms with Gasteiger partial charge in [0.15, 0.2) is 5.84 Å². The number of oxime groups is 1. The Bertz CT molecular complexity index is 280. The number of carbonyl (C=O) groups excluding carboxylic acids is 1. The molecule has 2 fully saturated rings. The molecule has 14 heavy (non-hydrogen) atoms. The Balaban J connectivity index is 1.89. The maximum Gasteiger partial charge on any atom is 0.233 e. The second-order valence-corrected chi connectivity index (χ2v) is 4.22. The van der Waals surface area contributed by atoms with Crippen molar-refractivity contribution in [2.24, 2.45) is 22.2 Å². The smallest absolute Gasteiger partial charge is 0.233 e. The number of amidine groups is 1. The largest absolute Gasteiger partial charge is 0.409 e. The van der Waals surface area contributed by atoms with Crippen molar-refractivity contribution in [2.75, 3.05) is 6.54 Å². The van der Waals surface area contributed by atoms with Crippen LogP contribution in [0.25, 0.3) is 0 Å². The fourth-order valence-corrected chi connectivity index (χ4v) is 1.55. The number of carbonyl (C=O) groups is 1. The lowest BCUT2D eigenvalue weighted by Gasteiger charge is -2.12. The molecular formula is C9H15N3O2. The molecule has 0 aliphatic heterocycles. The maximum atomic E-state index is 11.7. The van der Waals surface area contributed by atoms with Gasteiger partial charge in [-0.2, -0.15) is 0 Å². The van der Waals surface area contributed by atoms with E-state index in [9.17, 15) is 4.79 Å². The number of nitrogens with zero attached hydrogens (tertiary/aromatic N) is 1. The number of rotatable bonds is 4. The molecular weight excluding hydrogens is 182 g/mol. The van der Waals surface area contributed by atoms with Gasteiger partial charge in [-0.25, -0.2) is 0 Å². The monoisotopic (exact) mass is 197 g/mol. The van der Waals surface area contributed by atoms with E-state index in [0.29, 0.717) is 18.8 Å². The minimum atomic E-state index is -0.691. The van der Waals surface area contributed by atoms with Crippen LogP contribution in [0, 0.1) is 11.3 Å². The number of hydrogen-bond donors (Lipinski definition) is 3. The summed E-state index contributed by atoms with van der Waals surface area (Å²) in [6.45, 7) is 0.735. The summed E-state index contributed by atoms with van der Waals surface area (Å²) in [5, 5.41) is 14.3. The van der Waals surface area contributed by atoms with Gasteiger partial charge >= 0.3 is 0 Å². The van der Waals surface area contributed by atoms with Crippen molar-refractivity contribution in [2.45, 2.75) is 25.7 Å². The van der Waals surface area contributed by atoms with Crippen molar-refractivity contribution in [1.29, 1.82) is 0 Å². The molecule has 4 N–H and O–H groups in total. The zero-order chi connectivity index (χ0) is 10.2. The van der Waals surface area contributed by atoms with Gasteiger partial charge < -0.3 is 16.3 Å². The Labute approximate surface area is 82.3 Å². The summed E-state index contributed by atoms with van der Waals surface area (Å²) < 4.78 is 0. The highest BCUT2D eigenvalue weighted by molar-refractivity contribution is 6.09. The molecule has 2 rings (SSSR count). The van der Waals surface area contributed by atoms with Gasteiger partial charge in [-0.15, -0.1) is 0 Å². The van der Waals surface area contributed by atoms with Crippen molar-refractivity contribution < 1.29 is 10.0 Å². The average Bonchev–Trinajstić information content (AvgIpc) is 3.03. The lowest BCUT2D eigenvalue weighted by Crippen LogP contribution is -2.41. The highest BCUT2D eigenvalue weighted by Crippen LogP contribution is 2.46. The van der Waals surface area contributed by atoms with Crippen LogP contribution in [0.5, 0.6) is 0 Å². The predicted molar refractivity (Wildman–Crippen MR) is 50.8 cm³/mol. The van der Waals surface area contributed by atoms with Crippen molar-refractivity contribution >= 4 is 11.7 Å². The second-order valence-electron chi connectivity index (χ2n) is 4.22. The van der Waals surface area contributed by atoms with Crippen LogP contribution in [-0.4, -0.2) is 23.5 Å². The first kappa shape index (κ1) is 9.30. The molecule has 0 spiro atoms. The molecule has 0 radical (unpaired) electrons. The number of nitrogens with two attached hydrogens (primary N) is 1. The lowest BCUT2D eigenvalue weighted by atomic mass is 10.1. The Hall–Kier alpha value is -1.26. The molecule has 5 heteroatoms. The van der Waals surface area contributed by atoms with Crippen LogP contribution < -0.4 is 11.1 Å². The van der Waals surface area contributed by atoms with E-state index in [1.165, 1.54) is 12.8 Å². The molecule has 2 saturated carbocycles. The summed E-state index contributed by atoms with van der Waals surface area (Å²) in [4.78, 5) is 11.7. The molecule has 5 nitrogen and oxygen atoms in total. The number of hydrogen-bond acceptors (Lipinski definition) is 3. The fourth-order valence-electron chi connectivity index (χ4n) is 1.55. The normalized spacial score (nSPS) is 24.4. The van der Waals surface area contributed by atoms with E-state index in [-0.39, 0.29) is 11.7 Å². The van der Waals surface area contributed by atoms with E-state index in [2.05, 4.69) is 10.5 Å². The standard InChI is InChI=1S/C9H15N3O2/c10-7(12-14)9(3-4-9)8(13)11-5-6-1-2-6/h6,14H,1-5H2,(H2,10,12)(H,11,13). The van der Waals surface area contributed by atoms with E-state index in [4.69, 9.17) is 10.9 Å². The topological polar surface area (TPSA) is 87.7 Å². The summed E-state index contributed by atoms with van der Waals surface area (Å²) in [7, 11) is 0. The van der Waals surface area contributed by atoms with Crippen molar-refractivity contribution in [1.82, 2.24) is 5.32 Å². The SMILES string of the molecule is NC(=NO)C1(C(=O)NCC2CC2)CC1. The predicted octanol–water partition coefficient (Wildman–Crippen LogP) is 0.0392. The van der Waals surface area contributed by atoms with Gasteiger partial charge in [0.25, 0.3) is 0 Å². The molecule has 2 aliphatic carbocycles. The Morgan fingerprint density at radius 2 is 2.21 bits per heavy atom. The molecule has 0 heterocycles. The molecule has 0 atom stereocenters. The van der Waals surface area contributed by atoms with Gasteiger partial charge in [0.05, 0.1) is 0 Å². The van der Waals surface area contributed by atoms with Crippen LogP contribution in [0.2, 0.25) is 0 Å². The van der Waals surface area contributed by atoms with Crippen LogP contribution in [-0.2, 0) is 4.79 Å². The summed E-state index contributed by atoms with van der Waals surface area (Å²) >= 11 is 0. The summed E-state index contributed by atoms with van der Waals surface area (Å²) in [6.07, 6.45) is 3.80. The van der Waals surface area contributed by atoms with Gasteiger partial charge in [0.2, 0.25) is 5.91 Å². The first-order chi connectivity index (χ1) is 6.69. The Morgan fingerprint density at radius 1 is 1.57 bits per heavy atom. The third kappa shape index (κ3) is 1.54. The highest BCUT2D eigenvalue weighted by Gasteiger charge is 2.54.